The van der Waals surface area contributed by atoms with Crippen molar-refractivity contribution in [2.24, 2.45) is 5.73 Å². The summed E-state index contributed by atoms with van der Waals surface area (Å²) in [4.78, 5) is 11.6. The van der Waals surface area contributed by atoms with Gasteiger partial charge in [0.2, 0.25) is 0 Å². The van der Waals surface area contributed by atoms with Crippen molar-refractivity contribution in [1.29, 1.82) is 0 Å². The van der Waals surface area contributed by atoms with Gasteiger partial charge in [-0.1, -0.05) is 12.1 Å². The summed E-state index contributed by atoms with van der Waals surface area (Å²) in [5.41, 5.74) is 7.05. The van der Waals surface area contributed by atoms with Crippen LogP contribution in [-0.2, 0) is 5.88 Å². The molecule has 16 heavy (non-hydrogen) atoms. The molecule has 1 rings (SSSR count). The first-order valence-corrected chi connectivity index (χ1v) is 5.94. The largest absolute Gasteiger partial charge is 0.352 e. The molecule has 0 radical (unpaired) electrons. The Morgan fingerprint density at radius 1 is 1.25 bits per heavy atom. The van der Waals surface area contributed by atoms with E-state index in [9.17, 15) is 4.79 Å². The number of halogens is 1. The summed E-state index contributed by atoms with van der Waals surface area (Å²) in [5.74, 6) is 0.427. The van der Waals surface area contributed by atoms with Gasteiger partial charge < -0.3 is 11.1 Å². The van der Waals surface area contributed by atoms with Crippen molar-refractivity contribution in [1.82, 2.24) is 5.32 Å². The molecule has 0 saturated heterocycles. The molecule has 3 N–H and O–H groups in total. The smallest absolute Gasteiger partial charge is 0.251 e. The Kier molecular flexibility index (Phi) is 5.90. The average Bonchev–Trinajstić information content (AvgIpc) is 2.34. The molecule has 0 bridgehead atoms. The highest BCUT2D eigenvalue weighted by molar-refractivity contribution is 6.17. The highest BCUT2D eigenvalue weighted by Gasteiger charge is 2.03. The van der Waals surface area contributed by atoms with Gasteiger partial charge in [-0.15, -0.1) is 11.6 Å². The first-order valence-electron chi connectivity index (χ1n) is 5.41. The number of rotatable bonds is 6. The Hall–Kier alpha value is -1.06. The lowest BCUT2D eigenvalue weighted by atomic mass is 10.1. The van der Waals surface area contributed by atoms with Crippen LogP contribution in [0.25, 0.3) is 0 Å². The number of hydrogen-bond donors (Lipinski definition) is 2. The van der Waals surface area contributed by atoms with E-state index in [2.05, 4.69) is 5.32 Å². The van der Waals surface area contributed by atoms with Crippen molar-refractivity contribution < 1.29 is 4.79 Å². The van der Waals surface area contributed by atoms with E-state index in [0.717, 1.165) is 18.4 Å². The normalized spacial score (nSPS) is 10.1. The standard InChI is InChI=1S/C12H17ClN2O/c13-9-10-3-5-11(6-4-10)12(16)15-8-2-1-7-14/h3-6H,1-2,7-9,14H2,(H,15,16). The minimum Gasteiger partial charge on any atom is -0.352 e. The number of alkyl halides is 1. The highest BCUT2D eigenvalue weighted by Crippen LogP contribution is 2.06. The van der Waals surface area contributed by atoms with Crippen molar-refractivity contribution in [2.75, 3.05) is 13.1 Å². The molecule has 0 aliphatic rings. The Bertz CT molecular complexity index is 324. The average molecular weight is 241 g/mol. The Balaban J connectivity index is 2.40. The van der Waals surface area contributed by atoms with E-state index in [0.29, 0.717) is 24.5 Å². The van der Waals surface area contributed by atoms with Crippen LogP contribution in [0.2, 0.25) is 0 Å². The molecule has 0 saturated carbocycles. The molecule has 0 fully saturated rings. The maximum Gasteiger partial charge on any atom is 0.251 e. The van der Waals surface area contributed by atoms with Gasteiger partial charge >= 0.3 is 0 Å². The first kappa shape index (κ1) is 13.0. The molecule has 0 aromatic heterocycles. The summed E-state index contributed by atoms with van der Waals surface area (Å²) >= 11 is 5.66. The van der Waals surface area contributed by atoms with E-state index >= 15 is 0 Å². The second kappa shape index (κ2) is 7.25. The minimum absolute atomic E-state index is 0.0434. The minimum atomic E-state index is -0.0434. The fourth-order valence-electron chi connectivity index (χ4n) is 1.32. The van der Waals surface area contributed by atoms with Gasteiger partial charge in [-0.05, 0) is 37.1 Å². The molecule has 0 atom stereocenters. The van der Waals surface area contributed by atoms with Crippen molar-refractivity contribution in [3.8, 4) is 0 Å². The van der Waals surface area contributed by atoms with E-state index in [1.54, 1.807) is 12.1 Å². The predicted molar refractivity (Wildman–Crippen MR) is 66.6 cm³/mol. The van der Waals surface area contributed by atoms with E-state index < -0.39 is 0 Å². The van der Waals surface area contributed by atoms with Crippen LogP contribution in [0, 0.1) is 0 Å². The predicted octanol–water partition coefficient (Wildman–Crippen LogP) is 1.89. The van der Waals surface area contributed by atoms with Gasteiger partial charge in [0.05, 0.1) is 0 Å². The van der Waals surface area contributed by atoms with Crippen LogP contribution < -0.4 is 11.1 Å². The number of benzene rings is 1. The van der Waals surface area contributed by atoms with Gasteiger partial charge in [0, 0.05) is 18.0 Å². The maximum atomic E-state index is 11.6. The SMILES string of the molecule is NCCCCNC(=O)c1ccc(CCl)cc1. The van der Waals surface area contributed by atoms with Crippen LogP contribution in [0.5, 0.6) is 0 Å². The van der Waals surface area contributed by atoms with Crippen molar-refractivity contribution in [2.45, 2.75) is 18.7 Å². The maximum absolute atomic E-state index is 11.6. The monoisotopic (exact) mass is 240 g/mol. The summed E-state index contributed by atoms with van der Waals surface area (Å²) in [7, 11) is 0. The van der Waals surface area contributed by atoms with Gasteiger partial charge in [-0.3, -0.25) is 4.79 Å². The number of unbranched alkanes of at least 4 members (excludes halogenated alkanes) is 1. The fourth-order valence-corrected chi connectivity index (χ4v) is 1.50. The Morgan fingerprint density at radius 2 is 1.94 bits per heavy atom. The summed E-state index contributed by atoms with van der Waals surface area (Å²) < 4.78 is 0. The Morgan fingerprint density at radius 3 is 2.50 bits per heavy atom. The van der Waals surface area contributed by atoms with Gasteiger partial charge in [0.1, 0.15) is 0 Å². The molecule has 0 unspecified atom stereocenters. The first-order chi connectivity index (χ1) is 7.77. The van der Waals surface area contributed by atoms with Gasteiger partial charge in [-0.2, -0.15) is 0 Å². The molecule has 1 aromatic rings. The van der Waals surface area contributed by atoms with Gasteiger partial charge in [0.15, 0.2) is 0 Å². The van der Waals surface area contributed by atoms with Crippen molar-refractivity contribution in [3.63, 3.8) is 0 Å². The van der Waals surface area contributed by atoms with E-state index in [1.807, 2.05) is 12.1 Å². The molecule has 1 aromatic carbocycles. The summed E-state index contributed by atoms with van der Waals surface area (Å²) in [6.07, 6.45) is 1.85. The van der Waals surface area contributed by atoms with E-state index in [-0.39, 0.29) is 5.91 Å². The zero-order chi connectivity index (χ0) is 11.8. The van der Waals surface area contributed by atoms with Gasteiger partial charge in [-0.25, -0.2) is 0 Å². The van der Waals surface area contributed by atoms with Gasteiger partial charge in [0.25, 0.3) is 5.91 Å². The van der Waals surface area contributed by atoms with Crippen molar-refractivity contribution >= 4 is 17.5 Å². The van der Waals surface area contributed by atoms with Crippen LogP contribution in [0.4, 0.5) is 0 Å². The molecule has 4 heteroatoms. The lowest BCUT2D eigenvalue weighted by molar-refractivity contribution is 0.0953. The molecule has 3 nitrogen and oxygen atoms in total. The molecular weight excluding hydrogens is 224 g/mol. The number of amides is 1. The second-order valence-electron chi connectivity index (χ2n) is 3.58. The molecule has 0 aliphatic carbocycles. The van der Waals surface area contributed by atoms with Crippen LogP contribution in [0.3, 0.4) is 0 Å². The fraction of sp³-hybridized carbons (Fsp3) is 0.417. The van der Waals surface area contributed by atoms with Crippen LogP contribution >= 0.6 is 11.6 Å². The second-order valence-corrected chi connectivity index (χ2v) is 3.85. The highest BCUT2D eigenvalue weighted by atomic mass is 35.5. The van der Waals surface area contributed by atoms with Crippen LogP contribution in [0.15, 0.2) is 24.3 Å². The van der Waals surface area contributed by atoms with E-state index in [4.69, 9.17) is 17.3 Å². The third-order valence-electron chi connectivity index (χ3n) is 2.29. The lowest BCUT2D eigenvalue weighted by Crippen LogP contribution is -2.24. The molecule has 0 aliphatic heterocycles. The topological polar surface area (TPSA) is 55.1 Å². The van der Waals surface area contributed by atoms with Crippen LogP contribution in [0.1, 0.15) is 28.8 Å². The zero-order valence-electron chi connectivity index (χ0n) is 9.21. The molecule has 1 amide bonds. The third-order valence-corrected chi connectivity index (χ3v) is 2.60. The number of carbonyl (C=O) groups excluding carboxylic acids is 1. The third kappa shape index (κ3) is 4.21. The molecule has 0 heterocycles. The number of nitrogens with one attached hydrogen (secondary N) is 1. The number of hydrogen-bond acceptors (Lipinski definition) is 2. The number of carbonyl (C=O) groups is 1. The molecule has 88 valence electrons. The molecular formula is C12H17ClN2O. The Labute approximate surface area is 101 Å². The van der Waals surface area contributed by atoms with E-state index in [1.165, 1.54) is 0 Å². The zero-order valence-corrected chi connectivity index (χ0v) is 9.96. The lowest BCUT2D eigenvalue weighted by Gasteiger charge is -2.05. The summed E-state index contributed by atoms with van der Waals surface area (Å²) in [6, 6.07) is 7.30. The summed E-state index contributed by atoms with van der Waals surface area (Å²) in [6.45, 7) is 1.34. The number of nitrogens with two attached hydrogens (primary N) is 1. The molecule has 0 spiro atoms. The summed E-state index contributed by atoms with van der Waals surface area (Å²) in [5, 5.41) is 2.84. The quantitative estimate of drug-likeness (QED) is 0.590. The van der Waals surface area contributed by atoms with Crippen molar-refractivity contribution in [3.05, 3.63) is 35.4 Å². The van der Waals surface area contributed by atoms with Crippen LogP contribution in [-0.4, -0.2) is 19.0 Å².